The number of nitrogens with zero attached hydrogens (tertiary/aromatic N) is 3. The standard InChI is InChI=1S/C24H24N4O2/c1-17-11-13-28(14-12-17)22-15-21(25-16-26-22)27-24(30)20-10-6-5-9-19(20)23(29)18-7-3-2-4-8-18/h2-10,15-17H,11-14H2,1H3,(H,25,26,27,30). The number of hydrogen-bond donors (Lipinski definition) is 1. The number of amides is 1. The molecule has 152 valence electrons. The molecule has 6 heteroatoms. The maximum Gasteiger partial charge on any atom is 0.257 e. The fourth-order valence-corrected chi connectivity index (χ4v) is 3.63. The van der Waals surface area contributed by atoms with E-state index in [0.717, 1.165) is 37.7 Å². The van der Waals surface area contributed by atoms with Gasteiger partial charge in [0.2, 0.25) is 0 Å². The summed E-state index contributed by atoms with van der Waals surface area (Å²) in [6, 6.07) is 17.6. The van der Waals surface area contributed by atoms with Crippen molar-refractivity contribution in [2.24, 2.45) is 5.92 Å². The molecule has 0 saturated carbocycles. The Hall–Kier alpha value is -3.54. The van der Waals surface area contributed by atoms with Crippen LogP contribution in [0.5, 0.6) is 0 Å². The molecule has 4 rings (SSSR count). The summed E-state index contributed by atoms with van der Waals surface area (Å²) < 4.78 is 0. The smallest absolute Gasteiger partial charge is 0.257 e. The number of ketones is 1. The number of hydrogen-bond acceptors (Lipinski definition) is 5. The third-order valence-corrected chi connectivity index (χ3v) is 5.45. The van der Waals surface area contributed by atoms with Crippen LogP contribution in [-0.4, -0.2) is 34.7 Å². The first kappa shape index (κ1) is 19.8. The van der Waals surface area contributed by atoms with Gasteiger partial charge in [-0.1, -0.05) is 55.5 Å². The summed E-state index contributed by atoms with van der Waals surface area (Å²) in [4.78, 5) is 36.6. The summed E-state index contributed by atoms with van der Waals surface area (Å²) in [7, 11) is 0. The van der Waals surface area contributed by atoms with Crippen LogP contribution in [0.4, 0.5) is 11.6 Å². The number of anilines is 2. The van der Waals surface area contributed by atoms with Gasteiger partial charge in [-0.05, 0) is 24.8 Å². The highest BCUT2D eigenvalue weighted by Gasteiger charge is 2.20. The molecular formula is C24H24N4O2. The highest BCUT2D eigenvalue weighted by Crippen LogP contribution is 2.23. The molecule has 0 unspecified atom stereocenters. The number of piperidine rings is 1. The van der Waals surface area contributed by atoms with E-state index in [9.17, 15) is 9.59 Å². The Balaban J connectivity index is 1.54. The van der Waals surface area contributed by atoms with E-state index in [1.807, 2.05) is 6.07 Å². The maximum atomic E-state index is 13.0. The molecule has 0 bridgehead atoms. The normalized spacial score (nSPS) is 14.4. The van der Waals surface area contributed by atoms with Crippen molar-refractivity contribution in [3.63, 3.8) is 0 Å². The van der Waals surface area contributed by atoms with E-state index in [1.165, 1.54) is 6.33 Å². The lowest BCUT2D eigenvalue weighted by Gasteiger charge is -2.31. The Morgan fingerprint density at radius 1 is 0.933 bits per heavy atom. The molecule has 0 radical (unpaired) electrons. The van der Waals surface area contributed by atoms with Gasteiger partial charge in [0.25, 0.3) is 5.91 Å². The van der Waals surface area contributed by atoms with Crippen molar-refractivity contribution < 1.29 is 9.59 Å². The van der Waals surface area contributed by atoms with E-state index in [2.05, 4.69) is 27.1 Å². The molecular weight excluding hydrogens is 376 g/mol. The Labute approximate surface area is 176 Å². The molecule has 2 heterocycles. The van der Waals surface area contributed by atoms with E-state index >= 15 is 0 Å². The van der Waals surface area contributed by atoms with Gasteiger partial charge in [0, 0.05) is 30.3 Å². The fraction of sp³-hybridized carbons (Fsp3) is 0.250. The first-order valence-corrected chi connectivity index (χ1v) is 10.2. The Morgan fingerprint density at radius 3 is 2.33 bits per heavy atom. The second-order valence-corrected chi connectivity index (χ2v) is 7.63. The minimum atomic E-state index is -0.369. The van der Waals surface area contributed by atoms with Gasteiger partial charge in [-0.15, -0.1) is 0 Å². The average molecular weight is 400 g/mol. The molecule has 1 N–H and O–H groups in total. The van der Waals surface area contributed by atoms with Crippen molar-refractivity contribution in [1.82, 2.24) is 9.97 Å². The summed E-state index contributed by atoms with van der Waals surface area (Å²) in [5, 5.41) is 2.82. The first-order chi connectivity index (χ1) is 14.6. The van der Waals surface area contributed by atoms with Crippen LogP contribution in [-0.2, 0) is 0 Å². The number of benzene rings is 2. The van der Waals surface area contributed by atoms with Crippen molar-refractivity contribution >= 4 is 23.3 Å². The maximum absolute atomic E-state index is 13.0. The average Bonchev–Trinajstić information content (AvgIpc) is 2.80. The fourth-order valence-electron chi connectivity index (χ4n) is 3.63. The molecule has 1 aliphatic rings. The van der Waals surface area contributed by atoms with Gasteiger partial charge in [0.1, 0.15) is 18.0 Å². The zero-order valence-electron chi connectivity index (χ0n) is 16.9. The summed E-state index contributed by atoms with van der Waals surface area (Å²) in [6.07, 6.45) is 3.71. The van der Waals surface area contributed by atoms with Gasteiger partial charge in [0.05, 0.1) is 5.56 Å². The number of carbonyl (C=O) groups is 2. The zero-order chi connectivity index (χ0) is 20.9. The van der Waals surface area contributed by atoms with Crippen LogP contribution in [0.2, 0.25) is 0 Å². The third-order valence-electron chi connectivity index (χ3n) is 5.45. The predicted molar refractivity (Wildman–Crippen MR) is 117 cm³/mol. The van der Waals surface area contributed by atoms with Gasteiger partial charge < -0.3 is 10.2 Å². The topological polar surface area (TPSA) is 75.2 Å². The lowest BCUT2D eigenvalue weighted by atomic mass is 9.98. The third kappa shape index (κ3) is 4.38. The van der Waals surface area contributed by atoms with E-state index in [4.69, 9.17) is 0 Å². The monoisotopic (exact) mass is 400 g/mol. The van der Waals surface area contributed by atoms with Gasteiger partial charge in [-0.25, -0.2) is 9.97 Å². The molecule has 1 aliphatic heterocycles. The highest BCUT2D eigenvalue weighted by molar-refractivity contribution is 6.17. The Kier molecular flexibility index (Phi) is 5.84. The molecule has 30 heavy (non-hydrogen) atoms. The zero-order valence-corrected chi connectivity index (χ0v) is 16.9. The van der Waals surface area contributed by atoms with E-state index in [-0.39, 0.29) is 11.7 Å². The number of nitrogens with one attached hydrogen (secondary N) is 1. The lowest BCUT2D eigenvalue weighted by Crippen LogP contribution is -2.33. The summed E-state index contributed by atoms with van der Waals surface area (Å²) in [5.41, 5.74) is 1.22. The molecule has 1 aromatic heterocycles. The van der Waals surface area contributed by atoms with Crippen LogP contribution in [0.1, 0.15) is 46.0 Å². The van der Waals surface area contributed by atoms with Crippen molar-refractivity contribution in [3.05, 3.63) is 83.7 Å². The SMILES string of the molecule is CC1CCN(c2cc(NC(=O)c3ccccc3C(=O)c3ccccc3)ncn2)CC1. The molecule has 6 nitrogen and oxygen atoms in total. The van der Waals surface area contributed by atoms with Crippen LogP contribution >= 0.6 is 0 Å². The first-order valence-electron chi connectivity index (χ1n) is 10.2. The van der Waals surface area contributed by atoms with Crippen LogP contribution in [0, 0.1) is 5.92 Å². The quantitative estimate of drug-likeness (QED) is 0.650. The van der Waals surface area contributed by atoms with Crippen molar-refractivity contribution in [1.29, 1.82) is 0 Å². The number of carbonyl (C=O) groups excluding carboxylic acids is 2. The van der Waals surface area contributed by atoms with Gasteiger partial charge >= 0.3 is 0 Å². The van der Waals surface area contributed by atoms with Gasteiger partial charge in [-0.3, -0.25) is 9.59 Å². The summed E-state index contributed by atoms with van der Waals surface area (Å²) in [5.74, 6) is 1.39. The Morgan fingerprint density at radius 2 is 1.60 bits per heavy atom. The van der Waals surface area contributed by atoms with Crippen molar-refractivity contribution in [2.75, 3.05) is 23.3 Å². The molecule has 1 fully saturated rings. The van der Waals surface area contributed by atoms with Crippen LogP contribution in [0.3, 0.4) is 0 Å². The molecule has 3 aromatic rings. The number of rotatable bonds is 5. The molecule has 0 spiro atoms. The van der Waals surface area contributed by atoms with Gasteiger partial charge in [0.15, 0.2) is 5.78 Å². The van der Waals surface area contributed by atoms with Crippen LogP contribution in [0.15, 0.2) is 67.0 Å². The van der Waals surface area contributed by atoms with E-state index < -0.39 is 0 Å². The second-order valence-electron chi connectivity index (χ2n) is 7.63. The molecule has 0 atom stereocenters. The van der Waals surface area contributed by atoms with Crippen LogP contribution in [0.25, 0.3) is 0 Å². The largest absolute Gasteiger partial charge is 0.356 e. The van der Waals surface area contributed by atoms with Crippen LogP contribution < -0.4 is 10.2 Å². The molecule has 2 aromatic carbocycles. The molecule has 0 aliphatic carbocycles. The summed E-state index contributed by atoms with van der Waals surface area (Å²) in [6.45, 7) is 4.15. The number of aromatic nitrogens is 2. The summed E-state index contributed by atoms with van der Waals surface area (Å²) >= 11 is 0. The predicted octanol–water partition coefficient (Wildman–Crippen LogP) is 4.20. The van der Waals surface area contributed by atoms with Gasteiger partial charge in [-0.2, -0.15) is 0 Å². The Bertz CT molecular complexity index is 1040. The minimum Gasteiger partial charge on any atom is -0.356 e. The highest BCUT2D eigenvalue weighted by atomic mass is 16.2. The molecule has 1 saturated heterocycles. The minimum absolute atomic E-state index is 0.188. The van der Waals surface area contributed by atoms with E-state index in [0.29, 0.717) is 22.5 Å². The van der Waals surface area contributed by atoms with Crippen molar-refractivity contribution in [2.45, 2.75) is 19.8 Å². The van der Waals surface area contributed by atoms with E-state index in [1.54, 1.807) is 54.6 Å². The van der Waals surface area contributed by atoms with Crippen molar-refractivity contribution in [3.8, 4) is 0 Å². The lowest BCUT2D eigenvalue weighted by molar-refractivity contribution is 0.0996. The molecule has 1 amide bonds. The second kappa shape index (κ2) is 8.86.